The molecule has 2 N–H and O–H groups in total. The van der Waals surface area contributed by atoms with Gasteiger partial charge in [0.2, 0.25) is 0 Å². The van der Waals surface area contributed by atoms with Gasteiger partial charge in [-0.25, -0.2) is 0 Å². The molecule has 0 amide bonds. The molecule has 0 radical (unpaired) electrons. The lowest BCUT2D eigenvalue weighted by Crippen LogP contribution is -2.40. The van der Waals surface area contributed by atoms with Gasteiger partial charge in [0, 0.05) is 33.2 Å². The van der Waals surface area contributed by atoms with Crippen LogP contribution in [0.3, 0.4) is 0 Å². The van der Waals surface area contributed by atoms with E-state index < -0.39 is 0 Å². The lowest BCUT2D eigenvalue weighted by Gasteiger charge is -2.28. The van der Waals surface area contributed by atoms with Crippen molar-refractivity contribution in [1.29, 1.82) is 0 Å². The number of methoxy groups -OCH3 is 2. The van der Waals surface area contributed by atoms with Crippen LogP contribution in [0.25, 0.3) is 0 Å². The Morgan fingerprint density at radius 2 is 1.85 bits per heavy atom. The van der Waals surface area contributed by atoms with Gasteiger partial charge in [-0.05, 0) is 13.6 Å². The lowest BCUT2D eigenvalue weighted by atomic mass is 10.2. The zero-order valence-electron chi connectivity index (χ0n) is 9.12. The van der Waals surface area contributed by atoms with Crippen LogP contribution in [0.4, 0.5) is 0 Å². The molecule has 0 aromatic heterocycles. The Bertz CT molecular complexity index is 118. The van der Waals surface area contributed by atoms with Gasteiger partial charge in [0.25, 0.3) is 0 Å². The molecule has 0 saturated heterocycles. The molecule has 4 heteroatoms. The second-order valence-electron chi connectivity index (χ2n) is 3.10. The molecule has 0 aromatic carbocycles. The molecule has 80 valence electrons. The van der Waals surface area contributed by atoms with Gasteiger partial charge in [-0.3, -0.25) is 0 Å². The second kappa shape index (κ2) is 7.26. The van der Waals surface area contributed by atoms with Crippen LogP contribution in [0.15, 0.2) is 0 Å². The summed E-state index contributed by atoms with van der Waals surface area (Å²) < 4.78 is 10.2. The van der Waals surface area contributed by atoms with Crippen molar-refractivity contribution in [3.05, 3.63) is 0 Å². The van der Waals surface area contributed by atoms with Crippen LogP contribution in [0.5, 0.6) is 0 Å². The van der Waals surface area contributed by atoms with E-state index in [4.69, 9.17) is 15.2 Å². The van der Waals surface area contributed by atoms with Crippen molar-refractivity contribution in [3.63, 3.8) is 0 Å². The highest BCUT2D eigenvalue weighted by Crippen LogP contribution is 2.07. The van der Waals surface area contributed by atoms with Crippen molar-refractivity contribution in [2.45, 2.75) is 25.7 Å². The summed E-state index contributed by atoms with van der Waals surface area (Å²) in [6.07, 6.45) is 0.663. The van der Waals surface area contributed by atoms with Crippen molar-refractivity contribution in [3.8, 4) is 0 Å². The van der Waals surface area contributed by atoms with Gasteiger partial charge in [-0.2, -0.15) is 0 Å². The van der Waals surface area contributed by atoms with Crippen LogP contribution in [0, 0.1) is 0 Å². The molecule has 0 saturated carbocycles. The zero-order chi connectivity index (χ0) is 10.3. The fraction of sp³-hybridized carbons (Fsp3) is 1.00. The SMILES string of the molecule is CCN(C)C(CN)CC(OC)OC. The van der Waals surface area contributed by atoms with Gasteiger partial charge in [0.05, 0.1) is 0 Å². The van der Waals surface area contributed by atoms with Crippen LogP contribution in [0.2, 0.25) is 0 Å². The van der Waals surface area contributed by atoms with Crippen molar-refractivity contribution < 1.29 is 9.47 Å². The first kappa shape index (κ1) is 12.8. The molecule has 0 aliphatic carbocycles. The molecule has 1 unspecified atom stereocenters. The van der Waals surface area contributed by atoms with Crippen molar-refractivity contribution in [2.24, 2.45) is 5.73 Å². The van der Waals surface area contributed by atoms with E-state index in [1.54, 1.807) is 14.2 Å². The van der Waals surface area contributed by atoms with Crippen molar-refractivity contribution in [2.75, 3.05) is 34.4 Å². The quantitative estimate of drug-likeness (QED) is 0.586. The highest BCUT2D eigenvalue weighted by Gasteiger charge is 2.17. The van der Waals surface area contributed by atoms with Gasteiger partial charge in [0.15, 0.2) is 6.29 Å². The maximum atomic E-state index is 5.65. The number of rotatable bonds is 7. The summed E-state index contributed by atoms with van der Waals surface area (Å²) in [6.45, 7) is 3.73. The van der Waals surface area contributed by atoms with E-state index >= 15 is 0 Å². The molecule has 0 aromatic rings. The van der Waals surface area contributed by atoms with Crippen LogP contribution in [0.1, 0.15) is 13.3 Å². The van der Waals surface area contributed by atoms with Gasteiger partial charge < -0.3 is 20.1 Å². The number of nitrogens with two attached hydrogens (primary N) is 1. The van der Waals surface area contributed by atoms with Crippen LogP contribution in [-0.4, -0.2) is 51.6 Å². The topological polar surface area (TPSA) is 47.7 Å². The van der Waals surface area contributed by atoms with Crippen molar-refractivity contribution in [1.82, 2.24) is 4.90 Å². The first-order valence-electron chi connectivity index (χ1n) is 4.65. The summed E-state index contributed by atoms with van der Waals surface area (Å²) in [5.74, 6) is 0. The number of hydrogen-bond donors (Lipinski definition) is 1. The minimum atomic E-state index is -0.150. The smallest absolute Gasteiger partial charge is 0.158 e. The molecule has 0 aliphatic heterocycles. The van der Waals surface area contributed by atoms with E-state index in [-0.39, 0.29) is 6.29 Å². The summed E-state index contributed by atoms with van der Waals surface area (Å²) in [7, 11) is 5.35. The van der Waals surface area contributed by atoms with E-state index in [2.05, 4.69) is 18.9 Å². The third-order valence-electron chi connectivity index (χ3n) is 2.38. The first-order chi connectivity index (χ1) is 6.19. The monoisotopic (exact) mass is 190 g/mol. The third-order valence-corrected chi connectivity index (χ3v) is 2.38. The minimum Gasteiger partial charge on any atom is -0.356 e. The van der Waals surface area contributed by atoms with E-state index in [0.29, 0.717) is 12.6 Å². The van der Waals surface area contributed by atoms with Gasteiger partial charge >= 0.3 is 0 Å². The Balaban J connectivity index is 3.94. The number of nitrogens with zero attached hydrogens (tertiary/aromatic N) is 1. The highest BCUT2D eigenvalue weighted by atomic mass is 16.7. The Morgan fingerprint density at radius 3 is 2.15 bits per heavy atom. The van der Waals surface area contributed by atoms with Crippen molar-refractivity contribution >= 4 is 0 Å². The zero-order valence-corrected chi connectivity index (χ0v) is 9.12. The molecule has 0 spiro atoms. The van der Waals surface area contributed by atoms with E-state index in [1.165, 1.54) is 0 Å². The molecule has 4 nitrogen and oxygen atoms in total. The van der Waals surface area contributed by atoms with Gasteiger partial charge in [-0.15, -0.1) is 0 Å². The first-order valence-corrected chi connectivity index (χ1v) is 4.65. The number of likely N-dealkylation sites (N-methyl/N-ethyl adjacent to an activating group) is 1. The molecule has 1 atom stereocenters. The van der Waals surface area contributed by atoms with Crippen LogP contribution in [-0.2, 0) is 9.47 Å². The number of hydrogen-bond acceptors (Lipinski definition) is 4. The molecule has 0 bridgehead atoms. The fourth-order valence-corrected chi connectivity index (χ4v) is 1.23. The maximum absolute atomic E-state index is 5.65. The average molecular weight is 190 g/mol. The van der Waals surface area contributed by atoms with Gasteiger partial charge in [0.1, 0.15) is 0 Å². The predicted molar refractivity (Wildman–Crippen MR) is 53.6 cm³/mol. The normalized spacial score (nSPS) is 14.1. The summed E-state index contributed by atoms with van der Waals surface area (Å²) in [4.78, 5) is 2.20. The molecule has 0 heterocycles. The molecule has 13 heavy (non-hydrogen) atoms. The maximum Gasteiger partial charge on any atom is 0.158 e. The Labute approximate surface area is 81.0 Å². The standard InChI is InChI=1S/C9H22N2O2/c1-5-11(2)8(7-10)6-9(12-3)13-4/h8-9H,5-7,10H2,1-4H3. The molecular formula is C9H22N2O2. The average Bonchev–Trinajstić information content (AvgIpc) is 2.19. The Kier molecular flexibility index (Phi) is 7.17. The summed E-state index contributed by atoms with van der Waals surface area (Å²) in [5.41, 5.74) is 5.65. The second-order valence-corrected chi connectivity index (χ2v) is 3.10. The highest BCUT2D eigenvalue weighted by molar-refractivity contribution is 4.70. The van der Waals surface area contributed by atoms with Gasteiger partial charge in [-0.1, -0.05) is 6.92 Å². The van der Waals surface area contributed by atoms with Crippen LogP contribution < -0.4 is 5.73 Å². The fourth-order valence-electron chi connectivity index (χ4n) is 1.23. The minimum absolute atomic E-state index is 0.150. The number of ether oxygens (including phenoxy) is 2. The van der Waals surface area contributed by atoms with E-state index in [0.717, 1.165) is 13.0 Å². The summed E-state index contributed by atoms with van der Waals surface area (Å²) >= 11 is 0. The molecule has 0 rings (SSSR count). The Morgan fingerprint density at radius 1 is 1.31 bits per heavy atom. The van der Waals surface area contributed by atoms with E-state index in [1.807, 2.05) is 0 Å². The van der Waals surface area contributed by atoms with E-state index in [9.17, 15) is 0 Å². The third kappa shape index (κ3) is 4.57. The predicted octanol–water partition coefficient (Wildman–Crippen LogP) is 0.274. The Hall–Kier alpha value is -0.160. The summed E-state index contributed by atoms with van der Waals surface area (Å²) in [6, 6.07) is 0.329. The largest absolute Gasteiger partial charge is 0.356 e. The lowest BCUT2D eigenvalue weighted by molar-refractivity contribution is -0.115. The van der Waals surface area contributed by atoms with Crippen LogP contribution >= 0.6 is 0 Å². The molecular weight excluding hydrogens is 168 g/mol. The molecule has 0 fully saturated rings. The molecule has 0 aliphatic rings. The summed E-state index contributed by atoms with van der Waals surface area (Å²) in [5, 5.41) is 0.